The Balaban J connectivity index is 1.41. The van der Waals surface area contributed by atoms with Crippen molar-refractivity contribution in [3.05, 3.63) is 58.6 Å². The Morgan fingerprint density at radius 1 is 1.23 bits per heavy atom. The molecule has 158 valence electrons. The fraction of sp³-hybridized carbons (Fsp3) is 0.375. The number of piperazine rings is 1. The molecule has 30 heavy (non-hydrogen) atoms. The Hall–Kier alpha value is -2.66. The van der Waals surface area contributed by atoms with Crippen molar-refractivity contribution in [3.8, 4) is 11.5 Å². The average Bonchev–Trinajstić information content (AvgIpc) is 3.11. The average molecular weight is 427 g/mol. The summed E-state index contributed by atoms with van der Waals surface area (Å²) in [5.74, 6) is 1.69. The van der Waals surface area contributed by atoms with Crippen LogP contribution >= 0.6 is 11.6 Å². The number of carbonyl (C=O) groups excluding carboxylic acids is 1. The number of nitrogens with zero attached hydrogens (tertiary/aromatic N) is 2. The summed E-state index contributed by atoms with van der Waals surface area (Å²) in [4.78, 5) is 16.9. The smallest absolute Gasteiger partial charge is 0.246 e. The van der Waals surface area contributed by atoms with E-state index in [2.05, 4.69) is 17.9 Å². The van der Waals surface area contributed by atoms with Gasteiger partial charge in [-0.25, -0.2) is 0 Å². The third-order valence-electron chi connectivity index (χ3n) is 5.50. The molecule has 1 atom stereocenters. The van der Waals surface area contributed by atoms with Crippen LogP contribution in [0.25, 0.3) is 6.08 Å². The summed E-state index contributed by atoms with van der Waals surface area (Å²) in [5.41, 5.74) is 3.13. The molecule has 0 aromatic heterocycles. The molecule has 0 unspecified atom stereocenters. The highest BCUT2D eigenvalue weighted by molar-refractivity contribution is 6.30. The topological polar surface area (TPSA) is 42.0 Å². The lowest BCUT2D eigenvalue weighted by molar-refractivity contribution is -0.126. The Morgan fingerprint density at radius 3 is 2.77 bits per heavy atom. The van der Waals surface area contributed by atoms with E-state index in [1.807, 2.05) is 48.2 Å². The molecule has 2 aromatic rings. The van der Waals surface area contributed by atoms with Gasteiger partial charge < -0.3 is 19.3 Å². The maximum absolute atomic E-state index is 12.8. The number of ether oxygens (including phenoxy) is 2. The molecule has 0 radical (unpaired) electrons. The maximum atomic E-state index is 12.8. The standard InChI is InChI=1S/C24H27ClN2O3/c1-3-29-22-15-19-13-17(2)30-23(19)14-18(22)7-8-24(28)27-11-9-26(10-12-27)21-6-4-5-20(25)16-21/h4-8,14-17H,3,9-13H2,1-2H3/b8-7+/t17-/m0/s1. The summed E-state index contributed by atoms with van der Waals surface area (Å²) in [6, 6.07) is 11.9. The van der Waals surface area contributed by atoms with Crippen LogP contribution in [0.15, 0.2) is 42.5 Å². The third-order valence-corrected chi connectivity index (χ3v) is 5.73. The first-order chi connectivity index (χ1) is 14.5. The summed E-state index contributed by atoms with van der Waals surface area (Å²) < 4.78 is 11.7. The van der Waals surface area contributed by atoms with Gasteiger partial charge >= 0.3 is 0 Å². The number of hydrogen-bond donors (Lipinski definition) is 0. The summed E-state index contributed by atoms with van der Waals surface area (Å²) in [6.45, 7) is 7.53. The SMILES string of the molecule is CCOc1cc2c(cc1/C=C/C(=O)N1CCN(c3cccc(Cl)c3)CC1)O[C@@H](C)C2. The Labute approximate surface area is 182 Å². The predicted octanol–water partition coefficient (Wildman–Crippen LogP) is 4.42. The first-order valence-corrected chi connectivity index (χ1v) is 10.8. The van der Waals surface area contributed by atoms with Crippen molar-refractivity contribution in [2.24, 2.45) is 0 Å². The number of rotatable bonds is 5. The predicted molar refractivity (Wildman–Crippen MR) is 121 cm³/mol. The van der Waals surface area contributed by atoms with Crippen LogP contribution in [0, 0.1) is 0 Å². The second kappa shape index (κ2) is 9.00. The van der Waals surface area contributed by atoms with Gasteiger partial charge in [0.25, 0.3) is 0 Å². The van der Waals surface area contributed by atoms with Crippen molar-refractivity contribution in [1.82, 2.24) is 4.90 Å². The quantitative estimate of drug-likeness (QED) is 0.663. The van der Waals surface area contributed by atoms with Crippen LogP contribution in [-0.2, 0) is 11.2 Å². The van der Waals surface area contributed by atoms with Crippen LogP contribution in [-0.4, -0.2) is 49.7 Å². The Kier molecular flexibility index (Phi) is 6.18. The van der Waals surface area contributed by atoms with Crippen LogP contribution < -0.4 is 14.4 Å². The fourth-order valence-electron chi connectivity index (χ4n) is 3.99. The van der Waals surface area contributed by atoms with E-state index in [0.29, 0.717) is 19.7 Å². The van der Waals surface area contributed by atoms with E-state index in [0.717, 1.165) is 52.8 Å². The molecule has 1 fully saturated rings. The molecule has 4 rings (SSSR count). The lowest BCUT2D eigenvalue weighted by Gasteiger charge is -2.35. The molecular formula is C24H27ClN2O3. The Bertz CT molecular complexity index is 951. The molecule has 0 saturated carbocycles. The van der Waals surface area contributed by atoms with E-state index < -0.39 is 0 Å². The maximum Gasteiger partial charge on any atom is 0.246 e. The van der Waals surface area contributed by atoms with Crippen molar-refractivity contribution >= 4 is 29.3 Å². The molecule has 0 bridgehead atoms. The van der Waals surface area contributed by atoms with Gasteiger partial charge in [-0.1, -0.05) is 17.7 Å². The number of halogens is 1. The number of fused-ring (bicyclic) bond motifs is 1. The molecule has 2 aliphatic rings. The van der Waals surface area contributed by atoms with Gasteiger partial charge in [0.2, 0.25) is 5.91 Å². The van der Waals surface area contributed by atoms with Gasteiger partial charge in [-0.15, -0.1) is 0 Å². The molecule has 2 heterocycles. The Morgan fingerprint density at radius 2 is 2.03 bits per heavy atom. The van der Waals surface area contributed by atoms with Crippen LogP contribution in [0.3, 0.4) is 0 Å². The van der Waals surface area contributed by atoms with Crippen molar-refractivity contribution in [3.63, 3.8) is 0 Å². The summed E-state index contributed by atoms with van der Waals surface area (Å²) in [6.07, 6.45) is 4.53. The molecule has 6 heteroatoms. The van der Waals surface area contributed by atoms with Gasteiger partial charge in [-0.05, 0) is 50.3 Å². The molecule has 5 nitrogen and oxygen atoms in total. The molecule has 0 N–H and O–H groups in total. The number of benzene rings is 2. The van der Waals surface area contributed by atoms with Crippen LogP contribution in [0.4, 0.5) is 5.69 Å². The zero-order valence-electron chi connectivity index (χ0n) is 17.4. The van der Waals surface area contributed by atoms with Gasteiger partial charge in [0.05, 0.1) is 6.61 Å². The number of amides is 1. The van der Waals surface area contributed by atoms with E-state index in [4.69, 9.17) is 21.1 Å². The molecule has 2 aromatic carbocycles. The minimum absolute atomic E-state index is 0.0120. The van der Waals surface area contributed by atoms with E-state index >= 15 is 0 Å². The minimum Gasteiger partial charge on any atom is -0.493 e. The molecular weight excluding hydrogens is 400 g/mol. The zero-order valence-corrected chi connectivity index (χ0v) is 18.2. The van der Waals surface area contributed by atoms with E-state index in [1.165, 1.54) is 0 Å². The monoisotopic (exact) mass is 426 g/mol. The first-order valence-electron chi connectivity index (χ1n) is 10.5. The molecule has 1 amide bonds. The van der Waals surface area contributed by atoms with Crippen molar-refractivity contribution in [2.75, 3.05) is 37.7 Å². The highest BCUT2D eigenvalue weighted by Gasteiger charge is 2.22. The van der Waals surface area contributed by atoms with Crippen LogP contribution in [0.5, 0.6) is 11.5 Å². The van der Waals surface area contributed by atoms with Gasteiger partial charge in [-0.3, -0.25) is 4.79 Å². The fourth-order valence-corrected chi connectivity index (χ4v) is 4.17. The largest absolute Gasteiger partial charge is 0.493 e. The lowest BCUT2D eigenvalue weighted by Crippen LogP contribution is -2.48. The first kappa shape index (κ1) is 20.6. The molecule has 2 aliphatic heterocycles. The van der Waals surface area contributed by atoms with Crippen molar-refractivity contribution in [2.45, 2.75) is 26.4 Å². The number of carbonyl (C=O) groups is 1. The lowest BCUT2D eigenvalue weighted by atomic mass is 10.1. The van der Waals surface area contributed by atoms with Gasteiger partial charge in [-0.2, -0.15) is 0 Å². The highest BCUT2D eigenvalue weighted by atomic mass is 35.5. The van der Waals surface area contributed by atoms with Crippen LogP contribution in [0.1, 0.15) is 25.0 Å². The molecule has 0 spiro atoms. The van der Waals surface area contributed by atoms with Gasteiger partial charge in [0.15, 0.2) is 0 Å². The number of hydrogen-bond acceptors (Lipinski definition) is 4. The van der Waals surface area contributed by atoms with Gasteiger partial charge in [0.1, 0.15) is 17.6 Å². The van der Waals surface area contributed by atoms with Gasteiger partial charge in [0, 0.05) is 60.5 Å². The normalized spacial score (nSPS) is 18.4. The summed E-state index contributed by atoms with van der Waals surface area (Å²) in [7, 11) is 0. The number of anilines is 1. The second-order valence-corrected chi connectivity index (χ2v) is 8.13. The van der Waals surface area contributed by atoms with E-state index in [1.54, 1.807) is 6.08 Å². The molecule has 1 saturated heterocycles. The molecule has 0 aliphatic carbocycles. The van der Waals surface area contributed by atoms with Crippen LogP contribution in [0.2, 0.25) is 5.02 Å². The van der Waals surface area contributed by atoms with Crippen molar-refractivity contribution < 1.29 is 14.3 Å². The van der Waals surface area contributed by atoms with E-state index in [-0.39, 0.29) is 12.0 Å². The minimum atomic E-state index is 0.0120. The highest BCUT2D eigenvalue weighted by Crippen LogP contribution is 2.35. The second-order valence-electron chi connectivity index (χ2n) is 7.69. The summed E-state index contributed by atoms with van der Waals surface area (Å²) in [5, 5.41) is 0.728. The third kappa shape index (κ3) is 4.57. The summed E-state index contributed by atoms with van der Waals surface area (Å²) >= 11 is 6.10. The van der Waals surface area contributed by atoms with Crippen molar-refractivity contribution in [1.29, 1.82) is 0 Å². The van der Waals surface area contributed by atoms with E-state index in [9.17, 15) is 4.79 Å². The zero-order chi connectivity index (χ0) is 21.1.